The Bertz CT molecular complexity index is 1040. The lowest BCUT2D eigenvalue weighted by atomic mass is 9.96. The second kappa shape index (κ2) is 9.67. The van der Waals surface area contributed by atoms with Gasteiger partial charge in [-0.05, 0) is 44.9 Å². The minimum atomic E-state index is -0.415. The zero-order valence-electron chi connectivity index (χ0n) is 23.3. The number of hydrogen-bond donors (Lipinski definition) is 0. The molecule has 0 amide bonds. The van der Waals surface area contributed by atoms with Gasteiger partial charge in [0.05, 0.1) is 11.4 Å². The van der Waals surface area contributed by atoms with Crippen LogP contribution in [0.1, 0.15) is 92.5 Å². The maximum atomic E-state index is 12.4. The minimum Gasteiger partial charge on any atom is -0.300 e. The molecule has 0 atom stereocenters. The van der Waals surface area contributed by atoms with E-state index in [2.05, 4.69) is 91.8 Å². The molecule has 194 valence electrons. The molecule has 0 spiro atoms. The molecule has 0 radical (unpaired) electrons. The van der Waals surface area contributed by atoms with Gasteiger partial charge in [0.1, 0.15) is 11.6 Å². The predicted molar refractivity (Wildman–Crippen MR) is 154 cm³/mol. The second-order valence-electron chi connectivity index (χ2n) is 13.2. The SMILES string of the molecule is CC1(C)CC(=O)CC(C)(C)P1Cc1cccc(-c2cccc(CP3C(C)(C)CC(=O)CC3(C)C)n2)n1. The number of carbonyl (C=O) groups excluding carboxylic acids is 2. The molecule has 0 bridgehead atoms. The monoisotopic (exact) mass is 524 g/mol. The van der Waals surface area contributed by atoms with Crippen molar-refractivity contribution in [2.75, 3.05) is 0 Å². The van der Waals surface area contributed by atoms with Crippen molar-refractivity contribution in [3.05, 3.63) is 47.8 Å². The van der Waals surface area contributed by atoms with E-state index in [1.54, 1.807) is 0 Å². The molecule has 36 heavy (non-hydrogen) atoms. The number of nitrogens with zero attached hydrogens (tertiary/aromatic N) is 2. The van der Waals surface area contributed by atoms with Gasteiger partial charge in [-0.2, -0.15) is 0 Å². The number of aromatic nitrogens is 2. The summed E-state index contributed by atoms with van der Waals surface area (Å²) >= 11 is 0. The van der Waals surface area contributed by atoms with Crippen LogP contribution in [0.5, 0.6) is 0 Å². The van der Waals surface area contributed by atoms with Crippen molar-refractivity contribution in [1.82, 2.24) is 9.97 Å². The Morgan fingerprint density at radius 1 is 0.583 bits per heavy atom. The highest BCUT2D eigenvalue weighted by Gasteiger charge is 2.47. The molecule has 4 rings (SSSR count). The summed E-state index contributed by atoms with van der Waals surface area (Å²) < 4.78 is 0. The molecular weight excluding hydrogens is 482 g/mol. The van der Waals surface area contributed by atoms with Gasteiger partial charge in [-0.1, -0.05) is 83.4 Å². The lowest BCUT2D eigenvalue weighted by Crippen LogP contribution is -2.40. The quantitative estimate of drug-likeness (QED) is 0.373. The van der Waals surface area contributed by atoms with E-state index in [0.29, 0.717) is 37.2 Å². The Morgan fingerprint density at radius 2 is 0.889 bits per heavy atom. The normalized spacial score (nSPS) is 23.6. The third-order valence-corrected chi connectivity index (χ3v) is 15.7. The fraction of sp³-hybridized carbons (Fsp3) is 0.600. The highest BCUT2D eigenvalue weighted by molar-refractivity contribution is 7.60. The van der Waals surface area contributed by atoms with E-state index in [1.165, 1.54) is 0 Å². The van der Waals surface area contributed by atoms with Gasteiger partial charge in [0, 0.05) is 49.4 Å². The minimum absolute atomic E-state index is 0.0210. The first-order valence-corrected chi connectivity index (χ1v) is 16.2. The summed E-state index contributed by atoms with van der Waals surface area (Å²) in [6.45, 7) is 18.1. The topological polar surface area (TPSA) is 59.9 Å². The molecule has 0 aliphatic carbocycles. The Hall–Kier alpha value is -1.50. The Balaban J connectivity index is 1.58. The molecule has 2 aromatic heterocycles. The molecule has 2 aliphatic rings. The molecule has 2 saturated heterocycles. The van der Waals surface area contributed by atoms with E-state index in [4.69, 9.17) is 9.97 Å². The van der Waals surface area contributed by atoms with Gasteiger partial charge >= 0.3 is 0 Å². The molecule has 4 heterocycles. The van der Waals surface area contributed by atoms with Crippen LogP contribution in [0.3, 0.4) is 0 Å². The van der Waals surface area contributed by atoms with Crippen LogP contribution in [-0.2, 0) is 21.9 Å². The van der Waals surface area contributed by atoms with Crippen LogP contribution in [0, 0.1) is 0 Å². The molecule has 2 fully saturated rings. The van der Waals surface area contributed by atoms with Crippen LogP contribution in [0.4, 0.5) is 0 Å². The van der Waals surface area contributed by atoms with Crippen molar-refractivity contribution < 1.29 is 9.59 Å². The average Bonchev–Trinajstić information content (AvgIpc) is 2.72. The van der Waals surface area contributed by atoms with E-state index in [-0.39, 0.29) is 20.6 Å². The lowest BCUT2D eigenvalue weighted by molar-refractivity contribution is -0.121. The summed E-state index contributed by atoms with van der Waals surface area (Å²) in [5.74, 6) is 0.781. The van der Waals surface area contributed by atoms with E-state index in [9.17, 15) is 9.59 Å². The summed E-state index contributed by atoms with van der Waals surface area (Å²) in [5.41, 5.74) is 4.02. The zero-order chi connectivity index (χ0) is 26.5. The van der Waals surface area contributed by atoms with Crippen molar-refractivity contribution in [2.24, 2.45) is 0 Å². The van der Waals surface area contributed by atoms with Gasteiger partial charge in [0.2, 0.25) is 0 Å². The molecule has 2 aromatic rings. The molecule has 0 aromatic carbocycles. The highest BCUT2D eigenvalue weighted by atomic mass is 31.1. The van der Waals surface area contributed by atoms with Gasteiger partial charge in [0.15, 0.2) is 0 Å². The van der Waals surface area contributed by atoms with Crippen LogP contribution >= 0.6 is 15.8 Å². The highest BCUT2D eigenvalue weighted by Crippen LogP contribution is 2.67. The van der Waals surface area contributed by atoms with E-state index in [0.717, 1.165) is 35.1 Å². The third-order valence-electron chi connectivity index (χ3n) is 7.96. The Kier molecular flexibility index (Phi) is 7.39. The molecule has 2 aliphatic heterocycles. The smallest absolute Gasteiger partial charge is 0.134 e. The van der Waals surface area contributed by atoms with E-state index < -0.39 is 15.8 Å². The summed E-state index contributed by atoms with van der Waals surface area (Å²) in [6.07, 6.45) is 4.55. The van der Waals surface area contributed by atoms with Gasteiger partial charge in [-0.3, -0.25) is 19.6 Å². The fourth-order valence-corrected chi connectivity index (χ4v) is 14.1. The van der Waals surface area contributed by atoms with Crippen molar-refractivity contribution >= 4 is 27.4 Å². The first kappa shape index (κ1) is 27.5. The van der Waals surface area contributed by atoms with Crippen molar-refractivity contribution in [3.63, 3.8) is 0 Å². The first-order valence-electron chi connectivity index (χ1n) is 13.1. The molecule has 0 saturated carbocycles. The number of rotatable bonds is 5. The third kappa shape index (κ3) is 5.81. The maximum absolute atomic E-state index is 12.4. The number of Topliss-reactive ketones (excluding diaryl/α,β-unsaturated/α-hetero) is 2. The zero-order valence-corrected chi connectivity index (χ0v) is 25.1. The number of ketones is 2. The molecular formula is C30H42N2O2P2. The summed E-state index contributed by atoms with van der Waals surface area (Å²) in [4.78, 5) is 34.9. The van der Waals surface area contributed by atoms with Crippen LogP contribution in [0.25, 0.3) is 11.4 Å². The largest absolute Gasteiger partial charge is 0.300 e. The summed E-state index contributed by atoms with van der Waals surface area (Å²) in [6, 6.07) is 12.6. The van der Waals surface area contributed by atoms with Gasteiger partial charge in [-0.25, -0.2) is 0 Å². The first-order chi connectivity index (χ1) is 16.6. The van der Waals surface area contributed by atoms with Crippen molar-refractivity contribution in [1.29, 1.82) is 0 Å². The molecule has 0 unspecified atom stereocenters. The predicted octanol–water partition coefficient (Wildman–Crippen LogP) is 7.95. The second-order valence-corrected chi connectivity index (χ2v) is 20.4. The van der Waals surface area contributed by atoms with Crippen LogP contribution in [0.15, 0.2) is 36.4 Å². The van der Waals surface area contributed by atoms with Gasteiger partial charge in [0.25, 0.3) is 0 Å². The lowest BCUT2D eigenvalue weighted by Gasteiger charge is -2.49. The Labute approximate surface area is 220 Å². The fourth-order valence-electron chi connectivity index (χ4n) is 6.68. The number of pyridine rings is 2. The number of carbonyl (C=O) groups is 2. The van der Waals surface area contributed by atoms with E-state index >= 15 is 0 Å². The molecule has 6 heteroatoms. The molecule has 4 nitrogen and oxygen atoms in total. The van der Waals surface area contributed by atoms with Crippen LogP contribution < -0.4 is 0 Å². The molecule has 0 N–H and O–H groups in total. The summed E-state index contributed by atoms with van der Waals surface area (Å²) in [7, 11) is -0.829. The standard InChI is InChI=1S/C30H42N2O2P2/c1-27(2)15-23(33)16-28(3,4)35(27)19-21-11-9-13-25(31-21)26-14-10-12-22(32-26)20-36-29(5,6)17-24(34)18-30(36,7)8/h9-14H,15-20H2,1-8H3. The Morgan fingerprint density at radius 3 is 1.19 bits per heavy atom. The maximum Gasteiger partial charge on any atom is 0.134 e. The van der Waals surface area contributed by atoms with Gasteiger partial charge < -0.3 is 0 Å². The average molecular weight is 525 g/mol. The summed E-state index contributed by atoms with van der Waals surface area (Å²) in [5, 5.41) is 0.0840. The van der Waals surface area contributed by atoms with Crippen molar-refractivity contribution in [3.8, 4) is 11.4 Å². The number of hydrogen-bond acceptors (Lipinski definition) is 4. The van der Waals surface area contributed by atoms with Crippen LogP contribution in [-0.4, -0.2) is 42.2 Å². The van der Waals surface area contributed by atoms with Crippen LogP contribution in [0.2, 0.25) is 0 Å². The van der Waals surface area contributed by atoms with Crippen molar-refractivity contribution in [2.45, 2.75) is 114 Å². The van der Waals surface area contributed by atoms with Gasteiger partial charge in [-0.15, -0.1) is 0 Å². The van der Waals surface area contributed by atoms with E-state index in [1.807, 2.05) is 0 Å².